The average molecular weight is 238 g/mol. The first kappa shape index (κ1) is 12.4. The van der Waals surface area contributed by atoms with Crippen molar-refractivity contribution in [3.8, 4) is 0 Å². The van der Waals surface area contributed by atoms with E-state index in [1.54, 1.807) is 0 Å². The van der Waals surface area contributed by atoms with E-state index in [9.17, 15) is 0 Å². The smallest absolute Gasteiger partial charge is 0.0600 e. The Hall–Kier alpha value is -2.09. The van der Waals surface area contributed by atoms with E-state index in [4.69, 9.17) is 0 Å². The maximum Gasteiger partial charge on any atom is 0.0600 e. The molecule has 2 rings (SSSR count). The summed E-state index contributed by atoms with van der Waals surface area (Å²) in [6, 6.07) is 12.5. The van der Waals surface area contributed by atoms with E-state index in [0.717, 1.165) is 17.8 Å². The molecule has 0 N–H and O–H groups in total. The van der Waals surface area contributed by atoms with Gasteiger partial charge in [-0.2, -0.15) is 5.10 Å². The van der Waals surface area contributed by atoms with Crippen molar-refractivity contribution < 1.29 is 0 Å². The Bertz CT molecular complexity index is 548. The zero-order chi connectivity index (χ0) is 12.8. The van der Waals surface area contributed by atoms with E-state index in [2.05, 4.69) is 54.5 Å². The summed E-state index contributed by atoms with van der Waals surface area (Å²) in [5.74, 6) is 0. The van der Waals surface area contributed by atoms with Crippen molar-refractivity contribution in [1.29, 1.82) is 0 Å². The Labute approximate surface area is 108 Å². The molecule has 1 heterocycles. The molecule has 0 amide bonds. The average Bonchev–Trinajstić information content (AvgIpc) is 2.69. The van der Waals surface area contributed by atoms with Crippen LogP contribution in [0.4, 0.5) is 0 Å². The van der Waals surface area contributed by atoms with Gasteiger partial charge in [-0.1, -0.05) is 42.5 Å². The number of rotatable bonds is 4. The summed E-state index contributed by atoms with van der Waals surface area (Å²) in [6.07, 6.45) is 9.16. The standard InChI is InChI=1S/C16H18N2/c1-14-13-15(2)18(17-14)12-8-4-7-11-16-9-5-3-6-10-16/h3-10,12-13H,11H2,1-2H3/b7-4+,12-8-. The van der Waals surface area contributed by atoms with Crippen LogP contribution in [0.3, 0.4) is 0 Å². The third-order valence-electron chi connectivity index (χ3n) is 2.72. The lowest BCUT2D eigenvalue weighted by Gasteiger charge is -1.94. The van der Waals surface area contributed by atoms with Crippen molar-refractivity contribution in [2.75, 3.05) is 0 Å². The van der Waals surface area contributed by atoms with Gasteiger partial charge in [0.2, 0.25) is 0 Å². The summed E-state index contributed by atoms with van der Waals surface area (Å²) in [4.78, 5) is 0. The van der Waals surface area contributed by atoms with Crippen LogP contribution in [-0.4, -0.2) is 9.78 Å². The quantitative estimate of drug-likeness (QED) is 0.741. The lowest BCUT2D eigenvalue weighted by atomic mass is 10.1. The first-order valence-electron chi connectivity index (χ1n) is 6.16. The zero-order valence-corrected chi connectivity index (χ0v) is 10.9. The number of benzene rings is 1. The monoisotopic (exact) mass is 238 g/mol. The first-order chi connectivity index (χ1) is 8.75. The molecule has 0 fully saturated rings. The second kappa shape index (κ2) is 6.01. The maximum absolute atomic E-state index is 4.36. The molecular weight excluding hydrogens is 220 g/mol. The molecule has 0 radical (unpaired) electrons. The van der Waals surface area contributed by atoms with E-state index in [1.165, 1.54) is 5.56 Å². The molecule has 0 unspecified atom stereocenters. The van der Waals surface area contributed by atoms with Crippen LogP contribution in [0.5, 0.6) is 0 Å². The third kappa shape index (κ3) is 3.45. The molecule has 0 aliphatic carbocycles. The van der Waals surface area contributed by atoms with Gasteiger partial charge in [-0.15, -0.1) is 0 Å². The predicted molar refractivity (Wildman–Crippen MR) is 76.3 cm³/mol. The van der Waals surface area contributed by atoms with Gasteiger partial charge in [0.15, 0.2) is 0 Å². The molecule has 2 nitrogen and oxygen atoms in total. The number of aromatic nitrogens is 2. The highest BCUT2D eigenvalue weighted by molar-refractivity contribution is 5.30. The largest absolute Gasteiger partial charge is 0.245 e. The molecule has 2 heteroatoms. The predicted octanol–water partition coefficient (Wildman–Crippen LogP) is 3.77. The number of nitrogens with zero attached hydrogens (tertiary/aromatic N) is 2. The third-order valence-corrected chi connectivity index (χ3v) is 2.72. The number of hydrogen-bond donors (Lipinski definition) is 0. The fourth-order valence-corrected chi connectivity index (χ4v) is 1.83. The van der Waals surface area contributed by atoms with Crippen LogP contribution in [-0.2, 0) is 6.42 Å². The fourth-order valence-electron chi connectivity index (χ4n) is 1.83. The van der Waals surface area contributed by atoms with E-state index in [1.807, 2.05) is 29.9 Å². The minimum absolute atomic E-state index is 0.961. The van der Waals surface area contributed by atoms with Crippen LogP contribution in [0.15, 0.2) is 54.6 Å². The highest BCUT2D eigenvalue weighted by Gasteiger charge is 1.94. The minimum Gasteiger partial charge on any atom is -0.245 e. The summed E-state index contributed by atoms with van der Waals surface area (Å²) < 4.78 is 1.89. The summed E-state index contributed by atoms with van der Waals surface area (Å²) in [6.45, 7) is 4.06. The van der Waals surface area contributed by atoms with Gasteiger partial charge in [-0.25, -0.2) is 4.68 Å². The number of hydrogen-bond acceptors (Lipinski definition) is 1. The highest BCUT2D eigenvalue weighted by atomic mass is 15.3. The normalized spacial score (nSPS) is 11.7. The molecule has 0 aliphatic heterocycles. The minimum atomic E-state index is 0.961. The Morgan fingerprint density at radius 1 is 1.11 bits per heavy atom. The highest BCUT2D eigenvalue weighted by Crippen LogP contribution is 2.03. The van der Waals surface area contributed by atoms with Crippen molar-refractivity contribution in [3.63, 3.8) is 0 Å². The van der Waals surface area contributed by atoms with Crippen LogP contribution in [0.2, 0.25) is 0 Å². The molecule has 0 aliphatic rings. The van der Waals surface area contributed by atoms with Gasteiger partial charge in [0.25, 0.3) is 0 Å². The molecule has 0 spiro atoms. The van der Waals surface area contributed by atoms with Crippen LogP contribution in [0.1, 0.15) is 17.0 Å². The van der Waals surface area contributed by atoms with Gasteiger partial charge in [-0.05, 0) is 38.0 Å². The van der Waals surface area contributed by atoms with Crippen molar-refractivity contribution in [1.82, 2.24) is 9.78 Å². The first-order valence-corrected chi connectivity index (χ1v) is 6.16. The van der Waals surface area contributed by atoms with Crippen LogP contribution in [0, 0.1) is 13.8 Å². The van der Waals surface area contributed by atoms with E-state index < -0.39 is 0 Å². The summed E-state index contributed by atoms with van der Waals surface area (Å²) >= 11 is 0. The Morgan fingerprint density at radius 2 is 1.89 bits per heavy atom. The van der Waals surface area contributed by atoms with Gasteiger partial charge in [0, 0.05) is 11.9 Å². The molecule has 0 bridgehead atoms. The lowest BCUT2D eigenvalue weighted by molar-refractivity contribution is 0.880. The Morgan fingerprint density at radius 3 is 2.56 bits per heavy atom. The Kier molecular flexibility index (Phi) is 4.13. The molecule has 92 valence electrons. The zero-order valence-electron chi connectivity index (χ0n) is 10.9. The van der Waals surface area contributed by atoms with Gasteiger partial charge in [0.05, 0.1) is 5.69 Å². The van der Waals surface area contributed by atoms with Crippen molar-refractivity contribution in [2.24, 2.45) is 0 Å². The molecule has 2 aromatic rings. The van der Waals surface area contributed by atoms with Gasteiger partial charge in [0.1, 0.15) is 0 Å². The molecule has 1 aromatic heterocycles. The van der Waals surface area contributed by atoms with Gasteiger partial charge in [-0.3, -0.25) is 0 Å². The van der Waals surface area contributed by atoms with Crippen LogP contribution in [0.25, 0.3) is 6.20 Å². The summed E-state index contributed by atoms with van der Waals surface area (Å²) in [5, 5.41) is 4.36. The summed E-state index contributed by atoms with van der Waals surface area (Å²) in [5.41, 5.74) is 3.53. The molecule has 0 saturated heterocycles. The Balaban J connectivity index is 1.90. The molecule has 0 atom stereocenters. The van der Waals surface area contributed by atoms with Crippen molar-refractivity contribution >= 4 is 6.20 Å². The van der Waals surface area contributed by atoms with Gasteiger partial charge >= 0.3 is 0 Å². The SMILES string of the molecule is Cc1cc(C)n(/C=C\C=C\Cc2ccccc2)n1. The van der Waals surface area contributed by atoms with E-state index >= 15 is 0 Å². The molecular formula is C16H18N2. The summed E-state index contributed by atoms with van der Waals surface area (Å²) in [7, 11) is 0. The van der Waals surface area contributed by atoms with Crippen LogP contribution >= 0.6 is 0 Å². The van der Waals surface area contributed by atoms with Crippen LogP contribution < -0.4 is 0 Å². The second-order valence-electron chi connectivity index (χ2n) is 4.33. The molecule has 0 saturated carbocycles. The van der Waals surface area contributed by atoms with Crippen molar-refractivity contribution in [3.05, 3.63) is 71.6 Å². The molecule has 18 heavy (non-hydrogen) atoms. The van der Waals surface area contributed by atoms with E-state index in [0.29, 0.717) is 0 Å². The topological polar surface area (TPSA) is 17.8 Å². The lowest BCUT2D eigenvalue weighted by Crippen LogP contribution is -1.90. The molecule has 1 aromatic carbocycles. The maximum atomic E-state index is 4.36. The van der Waals surface area contributed by atoms with E-state index in [-0.39, 0.29) is 0 Å². The number of aryl methyl sites for hydroxylation is 2. The second-order valence-corrected chi connectivity index (χ2v) is 4.33. The van der Waals surface area contributed by atoms with Crippen molar-refractivity contribution in [2.45, 2.75) is 20.3 Å². The number of allylic oxidation sites excluding steroid dienone is 3. The van der Waals surface area contributed by atoms with Gasteiger partial charge < -0.3 is 0 Å². The fraction of sp³-hybridized carbons (Fsp3) is 0.188.